The largest absolute Gasteiger partial charge is 0.507 e. The van der Waals surface area contributed by atoms with Gasteiger partial charge in [0.15, 0.2) is 0 Å². The van der Waals surface area contributed by atoms with Crippen LogP contribution in [0, 0.1) is 12.7 Å². The normalized spacial score (nSPS) is 11.7. The molecule has 2 N–H and O–H groups in total. The Morgan fingerprint density at radius 2 is 1.80 bits per heavy atom. The van der Waals surface area contributed by atoms with E-state index in [0.29, 0.717) is 58.1 Å². The lowest BCUT2D eigenvalue weighted by Crippen LogP contribution is -2.10. The quantitative estimate of drug-likeness (QED) is 0.0940. The van der Waals surface area contributed by atoms with Crippen LogP contribution in [0.3, 0.4) is 0 Å². The van der Waals surface area contributed by atoms with Crippen LogP contribution in [0.1, 0.15) is 52.2 Å². The summed E-state index contributed by atoms with van der Waals surface area (Å²) in [7, 11) is 4.95. The average Bonchev–Trinajstić information content (AvgIpc) is 3.72. The summed E-state index contributed by atoms with van der Waals surface area (Å²) < 4.78 is 26.6. The second-order valence-electron chi connectivity index (χ2n) is 11.9. The van der Waals surface area contributed by atoms with Crippen LogP contribution in [0.4, 0.5) is 4.39 Å². The lowest BCUT2D eigenvalue weighted by atomic mass is 9.98. The van der Waals surface area contributed by atoms with E-state index >= 15 is 4.39 Å². The number of thioether (sulfide) groups is 2. The van der Waals surface area contributed by atoms with Crippen molar-refractivity contribution in [3.8, 4) is 16.9 Å². The number of methoxy groups -OCH3 is 1. The first-order valence-electron chi connectivity index (χ1n) is 16.2. The van der Waals surface area contributed by atoms with E-state index in [9.17, 15) is 15.0 Å². The van der Waals surface area contributed by atoms with Crippen LogP contribution >= 0.6 is 23.5 Å². The summed E-state index contributed by atoms with van der Waals surface area (Å²) in [6.45, 7) is 4.66. The Balaban J connectivity index is 1.25. The number of nitrogens with zero attached hydrogens (tertiary/aromatic N) is 5. The molecule has 0 aliphatic carbocycles. The minimum absolute atomic E-state index is 0.0278. The molecule has 3 aromatic heterocycles. The van der Waals surface area contributed by atoms with Crippen molar-refractivity contribution in [1.29, 1.82) is 0 Å². The minimum atomic E-state index is -0.503. The van der Waals surface area contributed by atoms with Gasteiger partial charge >= 0.3 is 5.97 Å². The SMILES string of the molecule is CCn1nc(CSCc2c(-c3c(F)ccc4c(CCCO)c(C(=O)OC)n(C)c34)c(C)nn2C)cc1CSc1cc(O)c2ccccc2c1. The summed E-state index contributed by atoms with van der Waals surface area (Å²) in [5.74, 6) is 1.30. The Labute approximate surface area is 293 Å². The van der Waals surface area contributed by atoms with Crippen molar-refractivity contribution in [3.63, 3.8) is 0 Å². The second-order valence-corrected chi connectivity index (χ2v) is 14.0. The highest BCUT2D eigenvalue weighted by Crippen LogP contribution is 2.40. The molecule has 0 spiro atoms. The van der Waals surface area contributed by atoms with E-state index in [0.717, 1.165) is 50.2 Å². The van der Waals surface area contributed by atoms with Crippen molar-refractivity contribution in [2.24, 2.45) is 14.1 Å². The molecule has 0 unspecified atom stereocenters. The number of fused-ring (bicyclic) bond motifs is 2. The third-order valence-electron chi connectivity index (χ3n) is 8.87. The van der Waals surface area contributed by atoms with Crippen molar-refractivity contribution in [3.05, 3.63) is 94.4 Å². The maximum Gasteiger partial charge on any atom is 0.354 e. The summed E-state index contributed by atoms with van der Waals surface area (Å²) >= 11 is 3.35. The highest BCUT2D eigenvalue weighted by molar-refractivity contribution is 7.98. The van der Waals surface area contributed by atoms with E-state index in [1.165, 1.54) is 13.2 Å². The predicted molar refractivity (Wildman–Crippen MR) is 195 cm³/mol. The van der Waals surface area contributed by atoms with Gasteiger partial charge in [0.05, 0.1) is 29.7 Å². The van der Waals surface area contributed by atoms with Crippen LogP contribution in [0.25, 0.3) is 32.8 Å². The Morgan fingerprint density at radius 1 is 1.00 bits per heavy atom. The molecule has 6 aromatic rings. The Morgan fingerprint density at radius 3 is 2.55 bits per heavy atom. The van der Waals surface area contributed by atoms with Gasteiger partial charge in [0.2, 0.25) is 0 Å². The van der Waals surface area contributed by atoms with Gasteiger partial charge in [0.25, 0.3) is 0 Å². The van der Waals surface area contributed by atoms with Crippen LogP contribution < -0.4 is 0 Å². The number of phenols is 1. The zero-order chi connectivity index (χ0) is 34.8. The molecule has 0 aliphatic heterocycles. The molecular formula is C37H40FN5O4S2. The number of esters is 1. The van der Waals surface area contributed by atoms with Gasteiger partial charge in [0.1, 0.15) is 17.3 Å². The van der Waals surface area contributed by atoms with E-state index in [-0.39, 0.29) is 12.4 Å². The lowest BCUT2D eigenvalue weighted by molar-refractivity contribution is 0.0589. The number of hydrogen-bond donors (Lipinski definition) is 2. The molecule has 6 rings (SSSR count). The number of aromatic hydroxyl groups is 1. The van der Waals surface area contributed by atoms with E-state index in [4.69, 9.17) is 14.9 Å². The molecule has 0 atom stereocenters. The predicted octanol–water partition coefficient (Wildman–Crippen LogP) is 7.54. The van der Waals surface area contributed by atoms with Gasteiger partial charge < -0.3 is 19.5 Å². The fraction of sp³-hybridized carbons (Fsp3) is 0.324. The first-order chi connectivity index (χ1) is 23.7. The minimum Gasteiger partial charge on any atom is -0.507 e. The number of aliphatic hydroxyl groups is 1. The smallest absolute Gasteiger partial charge is 0.354 e. The monoisotopic (exact) mass is 701 g/mol. The first kappa shape index (κ1) is 34.6. The molecule has 3 heterocycles. The summed E-state index contributed by atoms with van der Waals surface area (Å²) in [6, 6.07) is 17.0. The van der Waals surface area contributed by atoms with Gasteiger partial charge in [-0.25, -0.2) is 9.18 Å². The van der Waals surface area contributed by atoms with Crippen molar-refractivity contribution in [2.45, 2.75) is 55.4 Å². The van der Waals surface area contributed by atoms with Crippen molar-refractivity contribution in [2.75, 3.05) is 13.7 Å². The van der Waals surface area contributed by atoms with Gasteiger partial charge in [-0.05, 0) is 68.0 Å². The molecule has 0 radical (unpaired) electrons. The number of phenolic OH excluding ortho intramolecular Hbond substituents is 1. The van der Waals surface area contributed by atoms with Crippen LogP contribution in [-0.4, -0.2) is 54.0 Å². The molecule has 49 heavy (non-hydrogen) atoms. The number of halogens is 1. The summed E-state index contributed by atoms with van der Waals surface area (Å²) in [4.78, 5) is 13.9. The number of carbonyl (C=O) groups excluding carboxylic acids is 1. The highest BCUT2D eigenvalue weighted by atomic mass is 32.2. The number of aromatic nitrogens is 5. The number of aliphatic hydroxyl groups excluding tert-OH is 1. The molecule has 9 nitrogen and oxygen atoms in total. The maximum atomic E-state index is 16.0. The van der Waals surface area contributed by atoms with Gasteiger partial charge in [-0.1, -0.05) is 24.3 Å². The van der Waals surface area contributed by atoms with E-state index < -0.39 is 11.8 Å². The van der Waals surface area contributed by atoms with Gasteiger partial charge in [-0.3, -0.25) is 9.36 Å². The van der Waals surface area contributed by atoms with Crippen LogP contribution in [0.15, 0.2) is 59.5 Å². The molecule has 12 heteroatoms. The van der Waals surface area contributed by atoms with E-state index in [1.807, 2.05) is 49.0 Å². The first-order valence-corrected chi connectivity index (χ1v) is 18.3. The third-order valence-corrected chi connectivity index (χ3v) is 10.9. The second kappa shape index (κ2) is 14.7. The standard InChI is InChI=1S/C37H40FN5O4S2/c1-6-43-25(20-49-26-16-23-10-7-8-11-27(23)32(45)18-26)17-24(40-43)19-48-21-31-33(22(2)39-42(31)4)34-30(38)14-13-29-28(12-9-15-44)36(37(46)47-5)41(3)35(29)34/h7-8,10-11,13-14,16-18,44-45H,6,9,12,15,19-21H2,1-5H3. The van der Waals surface area contributed by atoms with Crippen LogP contribution in [-0.2, 0) is 49.1 Å². The zero-order valence-electron chi connectivity index (χ0n) is 28.3. The summed E-state index contributed by atoms with van der Waals surface area (Å²) in [5, 5.41) is 32.2. The zero-order valence-corrected chi connectivity index (χ0v) is 29.9. The van der Waals surface area contributed by atoms with Crippen molar-refractivity contribution < 1.29 is 24.1 Å². The molecule has 0 saturated carbocycles. The number of benzene rings is 3. The molecule has 0 amide bonds. The van der Waals surface area contributed by atoms with E-state index in [2.05, 4.69) is 19.1 Å². The number of carbonyl (C=O) groups is 1. The van der Waals surface area contributed by atoms with Crippen LogP contribution in [0.2, 0.25) is 0 Å². The van der Waals surface area contributed by atoms with Gasteiger partial charge in [0, 0.05) is 77.0 Å². The Hall–Kier alpha value is -4.26. The Kier molecular flexibility index (Phi) is 10.4. The molecule has 0 aliphatic rings. The number of ether oxygens (including phenoxy) is 1. The highest BCUT2D eigenvalue weighted by Gasteiger charge is 2.28. The molecule has 0 bridgehead atoms. The summed E-state index contributed by atoms with van der Waals surface area (Å²) in [5.41, 5.74) is 6.40. The van der Waals surface area contributed by atoms with Crippen molar-refractivity contribution >= 4 is 51.2 Å². The molecule has 3 aromatic carbocycles. The fourth-order valence-corrected chi connectivity index (χ4v) is 8.56. The number of aryl methyl sites for hydroxylation is 5. The molecule has 0 fully saturated rings. The topological polar surface area (TPSA) is 107 Å². The average molecular weight is 702 g/mol. The van der Waals surface area contributed by atoms with Gasteiger partial charge in [-0.15, -0.1) is 23.5 Å². The van der Waals surface area contributed by atoms with E-state index in [1.54, 1.807) is 45.9 Å². The van der Waals surface area contributed by atoms with Crippen molar-refractivity contribution in [1.82, 2.24) is 24.1 Å². The lowest BCUT2D eigenvalue weighted by Gasteiger charge is -2.12. The third kappa shape index (κ3) is 6.69. The molecule has 0 saturated heterocycles. The molecular weight excluding hydrogens is 662 g/mol. The fourth-order valence-electron chi connectivity index (χ4n) is 6.63. The van der Waals surface area contributed by atoms with Gasteiger partial charge in [-0.2, -0.15) is 10.2 Å². The number of rotatable bonds is 13. The molecule has 256 valence electrons. The number of hydrogen-bond acceptors (Lipinski definition) is 8. The van der Waals surface area contributed by atoms with Crippen LogP contribution in [0.5, 0.6) is 5.75 Å². The Bertz CT molecular complexity index is 2170. The summed E-state index contributed by atoms with van der Waals surface area (Å²) in [6.07, 6.45) is 0.915. The maximum absolute atomic E-state index is 16.0.